The number of thiophene rings is 1. The van der Waals surface area contributed by atoms with E-state index in [1.54, 1.807) is 17.0 Å². The van der Waals surface area contributed by atoms with E-state index in [-0.39, 0.29) is 15.9 Å². The molecule has 1 aromatic carbocycles. The van der Waals surface area contributed by atoms with Gasteiger partial charge in [0.1, 0.15) is 10.5 Å². The third-order valence-corrected chi connectivity index (χ3v) is 7.28. The number of rotatable bonds is 4. The third-order valence-electron chi connectivity index (χ3n) is 5.01. The quantitative estimate of drug-likeness (QED) is 0.686. The van der Waals surface area contributed by atoms with E-state index in [2.05, 4.69) is 4.90 Å². The molecule has 32 heavy (non-hydrogen) atoms. The number of amides is 1. The number of aromatic carboxylic acids is 1. The van der Waals surface area contributed by atoms with Gasteiger partial charge in [-0.05, 0) is 51.0 Å². The number of benzene rings is 1. The van der Waals surface area contributed by atoms with Crippen molar-refractivity contribution in [2.75, 3.05) is 31.1 Å². The van der Waals surface area contributed by atoms with Crippen LogP contribution in [0.5, 0.6) is 0 Å². The van der Waals surface area contributed by atoms with Gasteiger partial charge >= 0.3 is 12.1 Å². The number of nitrogens with zero attached hydrogens (tertiary/aromatic N) is 2. The summed E-state index contributed by atoms with van der Waals surface area (Å²) in [5, 5.41) is 15.8. The lowest BCUT2D eigenvalue weighted by molar-refractivity contribution is 0.0240. The Morgan fingerprint density at radius 1 is 1.09 bits per heavy atom. The predicted octanol–water partition coefficient (Wildman–Crippen LogP) is 3.13. The number of ether oxygens (including phenoxy) is 1. The zero-order valence-corrected chi connectivity index (χ0v) is 20.0. The second-order valence-electron chi connectivity index (χ2n) is 8.57. The van der Waals surface area contributed by atoms with Crippen LogP contribution in [0.15, 0.2) is 29.2 Å². The summed E-state index contributed by atoms with van der Waals surface area (Å²) in [5.74, 6) is -1.05. The highest BCUT2D eigenvalue weighted by Crippen LogP contribution is 2.42. The Hall–Kier alpha value is -2.63. The van der Waals surface area contributed by atoms with Crippen LogP contribution in [-0.2, 0) is 14.8 Å². The van der Waals surface area contributed by atoms with Crippen LogP contribution in [-0.4, -0.2) is 62.3 Å². The number of hydrogen-bond donors (Lipinski definition) is 2. The number of primary sulfonamides is 1. The molecule has 0 spiro atoms. The lowest BCUT2D eigenvalue weighted by atomic mass is 10.0. The Balaban J connectivity index is 1.86. The highest BCUT2D eigenvalue weighted by Gasteiger charge is 2.29. The number of hydrogen-bond acceptors (Lipinski definition) is 7. The van der Waals surface area contributed by atoms with Gasteiger partial charge in [-0.25, -0.2) is 23.1 Å². The Morgan fingerprint density at radius 2 is 1.66 bits per heavy atom. The Morgan fingerprint density at radius 3 is 2.12 bits per heavy atom. The van der Waals surface area contributed by atoms with Crippen molar-refractivity contribution < 1.29 is 27.9 Å². The number of carboxylic acids is 1. The van der Waals surface area contributed by atoms with E-state index in [1.165, 1.54) is 23.5 Å². The molecule has 1 aliphatic heterocycles. The van der Waals surface area contributed by atoms with Crippen molar-refractivity contribution in [3.63, 3.8) is 0 Å². The van der Waals surface area contributed by atoms with Crippen LogP contribution in [0.3, 0.4) is 0 Å². The first-order valence-corrected chi connectivity index (χ1v) is 12.4. The first-order chi connectivity index (χ1) is 14.8. The van der Waals surface area contributed by atoms with Crippen molar-refractivity contribution in [2.24, 2.45) is 5.14 Å². The number of carbonyl (C=O) groups excluding carboxylic acids is 1. The number of nitrogens with two attached hydrogens (primary N) is 1. The molecular formula is C21H27N3O6S2. The summed E-state index contributed by atoms with van der Waals surface area (Å²) in [7, 11) is -3.84. The number of piperazine rings is 1. The molecular weight excluding hydrogens is 454 g/mol. The summed E-state index contributed by atoms with van der Waals surface area (Å²) in [6, 6.07) is 5.86. The van der Waals surface area contributed by atoms with Gasteiger partial charge in [0.25, 0.3) is 0 Å². The Kier molecular flexibility index (Phi) is 6.55. The molecule has 1 saturated heterocycles. The Bertz CT molecular complexity index is 1130. The number of carbonyl (C=O) groups is 2. The summed E-state index contributed by atoms with van der Waals surface area (Å²) in [6.45, 7) is 9.33. The number of anilines is 1. The van der Waals surface area contributed by atoms with Crippen molar-refractivity contribution in [1.29, 1.82) is 0 Å². The van der Waals surface area contributed by atoms with E-state index < -0.39 is 21.6 Å². The minimum absolute atomic E-state index is 0.0375. The van der Waals surface area contributed by atoms with E-state index in [1.807, 2.05) is 27.7 Å². The molecule has 1 amide bonds. The van der Waals surface area contributed by atoms with Gasteiger partial charge in [-0.15, -0.1) is 11.3 Å². The average Bonchev–Trinajstić information content (AvgIpc) is 3.03. The van der Waals surface area contributed by atoms with Gasteiger partial charge < -0.3 is 19.6 Å². The molecule has 2 aromatic rings. The standard InChI is InChI=1S/C21H27N3O6S2/c1-13-16(14-5-7-15(8-6-14)32(22,28)29)17(19(25)26)31-18(13)23-9-11-24(12-10-23)20(27)30-21(2,3)4/h5-8H,9-12H2,1-4H3,(H,25,26)(H2,22,28,29). The zero-order valence-electron chi connectivity index (χ0n) is 18.4. The van der Waals surface area contributed by atoms with Crippen molar-refractivity contribution >= 4 is 38.4 Å². The second kappa shape index (κ2) is 8.72. The highest BCUT2D eigenvalue weighted by molar-refractivity contribution is 7.89. The lowest BCUT2D eigenvalue weighted by Gasteiger charge is -2.36. The summed E-state index contributed by atoms with van der Waals surface area (Å²) in [4.78, 5) is 28.1. The molecule has 2 heterocycles. The van der Waals surface area contributed by atoms with Crippen molar-refractivity contribution in [3.05, 3.63) is 34.7 Å². The highest BCUT2D eigenvalue weighted by atomic mass is 32.2. The average molecular weight is 482 g/mol. The summed E-state index contributed by atoms with van der Waals surface area (Å²) < 4.78 is 28.5. The van der Waals surface area contributed by atoms with Gasteiger partial charge in [0.15, 0.2) is 0 Å². The van der Waals surface area contributed by atoms with E-state index >= 15 is 0 Å². The maximum absolute atomic E-state index is 12.3. The van der Waals surface area contributed by atoms with Gasteiger partial charge in [-0.2, -0.15) is 0 Å². The number of carboxylic acid groups (broad SMARTS) is 1. The van der Waals surface area contributed by atoms with E-state index in [0.29, 0.717) is 37.3 Å². The van der Waals surface area contributed by atoms with Crippen LogP contribution in [0.4, 0.5) is 9.80 Å². The lowest BCUT2D eigenvalue weighted by Crippen LogP contribution is -2.50. The van der Waals surface area contributed by atoms with Gasteiger partial charge in [0.2, 0.25) is 10.0 Å². The SMILES string of the molecule is Cc1c(N2CCN(C(=O)OC(C)(C)C)CC2)sc(C(=O)O)c1-c1ccc(S(N)(=O)=O)cc1. The third kappa shape index (κ3) is 5.22. The van der Waals surface area contributed by atoms with Crippen molar-refractivity contribution in [3.8, 4) is 11.1 Å². The van der Waals surface area contributed by atoms with Gasteiger partial charge in [-0.1, -0.05) is 12.1 Å². The topological polar surface area (TPSA) is 130 Å². The molecule has 0 atom stereocenters. The van der Waals surface area contributed by atoms with E-state index in [9.17, 15) is 23.1 Å². The minimum atomic E-state index is -3.84. The van der Waals surface area contributed by atoms with Crippen LogP contribution in [0.2, 0.25) is 0 Å². The molecule has 0 unspecified atom stereocenters. The van der Waals surface area contributed by atoms with E-state index in [4.69, 9.17) is 9.88 Å². The van der Waals surface area contributed by atoms with Crippen molar-refractivity contribution in [1.82, 2.24) is 4.90 Å². The molecule has 174 valence electrons. The van der Waals surface area contributed by atoms with Crippen LogP contribution >= 0.6 is 11.3 Å². The van der Waals surface area contributed by atoms with Gasteiger partial charge in [0, 0.05) is 31.7 Å². The normalized spacial score (nSPS) is 15.0. The molecule has 1 aliphatic rings. The van der Waals surface area contributed by atoms with E-state index in [0.717, 1.165) is 10.6 Å². The summed E-state index contributed by atoms with van der Waals surface area (Å²) in [5.41, 5.74) is 1.37. The van der Waals surface area contributed by atoms with Crippen LogP contribution in [0.1, 0.15) is 36.0 Å². The fourth-order valence-corrected chi connectivity index (χ4v) is 5.27. The molecule has 11 heteroatoms. The maximum Gasteiger partial charge on any atom is 0.410 e. The predicted molar refractivity (Wildman–Crippen MR) is 123 cm³/mol. The number of sulfonamides is 1. The molecule has 0 bridgehead atoms. The fourth-order valence-electron chi connectivity index (χ4n) is 3.53. The fraction of sp³-hybridized carbons (Fsp3) is 0.429. The summed E-state index contributed by atoms with van der Waals surface area (Å²) in [6.07, 6.45) is -0.359. The molecule has 1 fully saturated rings. The van der Waals surface area contributed by atoms with Gasteiger partial charge in [0.05, 0.1) is 9.90 Å². The second-order valence-corrected chi connectivity index (χ2v) is 11.1. The molecule has 3 rings (SSSR count). The summed E-state index contributed by atoms with van der Waals surface area (Å²) >= 11 is 1.17. The monoisotopic (exact) mass is 481 g/mol. The first kappa shape index (κ1) is 24.0. The van der Waals surface area contributed by atoms with Gasteiger partial charge in [-0.3, -0.25) is 0 Å². The maximum atomic E-state index is 12.3. The molecule has 3 N–H and O–H groups in total. The molecule has 1 aromatic heterocycles. The molecule has 0 saturated carbocycles. The van der Waals surface area contributed by atoms with Crippen LogP contribution in [0.25, 0.3) is 11.1 Å². The molecule has 0 aliphatic carbocycles. The zero-order chi connectivity index (χ0) is 23.8. The largest absolute Gasteiger partial charge is 0.477 e. The smallest absolute Gasteiger partial charge is 0.410 e. The minimum Gasteiger partial charge on any atom is -0.477 e. The van der Waals surface area contributed by atoms with Crippen LogP contribution < -0.4 is 10.0 Å². The van der Waals surface area contributed by atoms with Crippen molar-refractivity contribution in [2.45, 2.75) is 38.2 Å². The first-order valence-electron chi connectivity index (χ1n) is 10.0. The molecule has 0 radical (unpaired) electrons. The van der Waals surface area contributed by atoms with Crippen LogP contribution in [0, 0.1) is 6.92 Å². The Labute approximate surface area is 191 Å². The molecule has 9 nitrogen and oxygen atoms in total.